The van der Waals surface area contributed by atoms with Crippen molar-refractivity contribution in [3.05, 3.63) is 106 Å². The van der Waals surface area contributed by atoms with E-state index < -0.39 is 0 Å². The standard InChI is InChI=1S/C36H43ClN4O2.ClH/c37-31-13-11-26(12-14-31)22-32(39-36(43)34-23-28-6-1-2-7-29(28)24-38-34)17-21-40-19-15-27(16-20-40)33-9-4-3-8-30(33)25-41-18-5-10-35(41)42;/h1-4,6-9,11-14,27,32,34,38H,5,10,15-25H2,(H,39,43);1H/t32-,34+;/m0./s1. The van der Waals surface area contributed by atoms with E-state index in [9.17, 15) is 9.59 Å². The maximum Gasteiger partial charge on any atom is 0.237 e. The van der Waals surface area contributed by atoms with Gasteiger partial charge in [-0.25, -0.2) is 0 Å². The van der Waals surface area contributed by atoms with Gasteiger partial charge in [0.2, 0.25) is 11.8 Å². The molecule has 3 aliphatic heterocycles. The summed E-state index contributed by atoms with van der Waals surface area (Å²) in [5, 5.41) is 7.58. The van der Waals surface area contributed by atoms with E-state index in [1.54, 1.807) is 0 Å². The Morgan fingerprint density at radius 3 is 2.43 bits per heavy atom. The fourth-order valence-corrected chi connectivity index (χ4v) is 7.16. The van der Waals surface area contributed by atoms with E-state index >= 15 is 0 Å². The molecule has 8 heteroatoms. The Kier molecular flexibility index (Phi) is 11.4. The molecule has 0 radical (unpaired) electrons. The zero-order valence-electron chi connectivity index (χ0n) is 25.3. The van der Waals surface area contributed by atoms with Crippen molar-refractivity contribution in [2.45, 2.75) is 76.0 Å². The number of hydrogen-bond donors (Lipinski definition) is 2. The van der Waals surface area contributed by atoms with Gasteiger partial charge < -0.3 is 20.4 Å². The highest BCUT2D eigenvalue weighted by Crippen LogP contribution is 2.32. The molecule has 234 valence electrons. The van der Waals surface area contributed by atoms with Crippen LogP contribution in [0.15, 0.2) is 72.8 Å². The van der Waals surface area contributed by atoms with Crippen molar-refractivity contribution in [2.75, 3.05) is 26.2 Å². The van der Waals surface area contributed by atoms with Crippen molar-refractivity contribution in [1.29, 1.82) is 0 Å². The van der Waals surface area contributed by atoms with Crippen molar-refractivity contribution in [3.63, 3.8) is 0 Å². The topological polar surface area (TPSA) is 64.7 Å². The van der Waals surface area contributed by atoms with E-state index in [4.69, 9.17) is 11.6 Å². The normalized spacial score (nSPS) is 19.7. The van der Waals surface area contributed by atoms with Crippen LogP contribution in [0, 0.1) is 0 Å². The summed E-state index contributed by atoms with van der Waals surface area (Å²) in [6, 6.07) is 24.9. The van der Waals surface area contributed by atoms with E-state index in [1.807, 2.05) is 17.0 Å². The number of nitrogens with zero attached hydrogens (tertiary/aromatic N) is 2. The van der Waals surface area contributed by atoms with Crippen LogP contribution in [-0.4, -0.2) is 59.9 Å². The second-order valence-electron chi connectivity index (χ2n) is 12.5. The van der Waals surface area contributed by atoms with Crippen molar-refractivity contribution in [3.8, 4) is 0 Å². The molecule has 0 bridgehead atoms. The van der Waals surface area contributed by atoms with Crippen LogP contribution in [0.1, 0.15) is 65.8 Å². The number of piperidine rings is 1. The van der Waals surface area contributed by atoms with Gasteiger partial charge in [-0.15, -0.1) is 12.4 Å². The SMILES string of the molecule is Cl.O=C(N[C@@H](CCN1CCC(c2ccccc2CN2CCCC2=O)CC1)Cc1ccc(Cl)cc1)[C@H]1Cc2ccccc2CN1. The molecule has 3 aromatic carbocycles. The average Bonchev–Trinajstić information content (AvgIpc) is 3.45. The molecule has 0 aliphatic carbocycles. The number of amides is 2. The van der Waals surface area contributed by atoms with Crippen molar-refractivity contribution in [2.24, 2.45) is 0 Å². The largest absolute Gasteiger partial charge is 0.352 e. The molecule has 3 aliphatic rings. The first-order chi connectivity index (χ1) is 21.0. The molecule has 2 N–H and O–H groups in total. The van der Waals surface area contributed by atoms with Gasteiger partial charge in [0, 0.05) is 43.7 Å². The number of rotatable bonds is 10. The molecule has 2 atom stereocenters. The monoisotopic (exact) mass is 634 g/mol. The average molecular weight is 636 g/mol. The van der Waals surface area contributed by atoms with Crippen LogP contribution in [0.2, 0.25) is 5.02 Å². The van der Waals surface area contributed by atoms with Gasteiger partial charge in [0.05, 0.1) is 6.04 Å². The Hall–Kier alpha value is -2.90. The van der Waals surface area contributed by atoms with Gasteiger partial charge in [-0.3, -0.25) is 9.59 Å². The minimum Gasteiger partial charge on any atom is -0.352 e. The molecular formula is C36H44Cl2N4O2. The molecule has 0 unspecified atom stereocenters. The summed E-state index contributed by atoms with van der Waals surface area (Å²) in [5.74, 6) is 0.893. The highest BCUT2D eigenvalue weighted by molar-refractivity contribution is 6.30. The minimum atomic E-state index is -0.214. The van der Waals surface area contributed by atoms with Crippen LogP contribution >= 0.6 is 24.0 Å². The number of benzene rings is 3. The summed E-state index contributed by atoms with van der Waals surface area (Å²) in [4.78, 5) is 30.3. The summed E-state index contributed by atoms with van der Waals surface area (Å²) in [6.07, 6.45) is 6.29. The third-order valence-electron chi connectivity index (χ3n) is 9.55. The molecule has 2 fully saturated rings. The second-order valence-corrected chi connectivity index (χ2v) is 12.9. The Morgan fingerprint density at radius 1 is 0.955 bits per heavy atom. The van der Waals surface area contributed by atoms with Gasteiger partial charge >= 0.3 is 0 Å². The van der Waals surface area contributed by atoms with Gasteiger partial charge in [-0.1, -0.05) is 72.3 Å². The summed E-state index contributed by atoms with van der Waals surface area (Å²) >= 11 is 6.15. The number of carbonyl (C=O) groups excluding carboxylic acids is 2. The number of nitrogens with one attached hydrogen (secondary N) is 2. The van der Waals surface area contributed by atoms with Crippen LogP contribution in [0.5, 0.6) is 0 Å². The van der Waals surface area contributed by atoms with Gasteiger partial charge in [0.25, 0.3) is 0 Å². The fraction of sp³-hybridized carbons (Fsp3) is 0.444. The molecule has 0 spiro atoms. The molecule has 0 saturated carbocycles. The van der Waals surface area contributed by atoms with E-state index in [1.165, 1.54) is 27.8 Å². The first-order valence-electron chi connectivity index (χ1n) is 15.9. The lowest BCUT2D eigenvalue weighted by atomic mass is 9.86. The minimum absolute atomic E-state index is 0. The van der Waals surface area contributed by atoms with E-state index in [0.29, 0.717) is 12.3 Å². The predicted octanol–water partition coefficient (Wildman–Crippen LogP) is 5.90. The Bertz CT molecular complexity index is 1410. The first kappa shape index (κ1) is 32.5. The zero-order chi connectivity index (χ0) is 29.6. The van der Waals surface area contributed by atoms with E-state index in [0.717, 1.165) is 82.8 Å². The second kappa shape index (κ2) is 15.4. The summed E-state index contributed by atoms with van der Waals surface area (Å²) in [5.41, 5.74) is 6.44. The van der Waals surface area contributed by atoms with Crippen LogP contribution in [0.3, 0.4) is 0 Å². The third-order valence-corrected chi connectivity index (χ3v) is 9.80. The van der Waals surface area contributed by atoms with E-state index in [-0.39, 0.29) is 36.3 Å². The van der Waals surface area contributed by atoms with Crippen LogP contribution < -0.4 is 10.6 Å². The number of hydrogen-bond acceptors (Lipinski definition) is 4. The molecule has 2 amide bonds. The first-order valence-corrected chi connectivity index (χ1v) is 16.3. The van der Waals surface area contributed by atoms with Gasteiger partial charge in [-0.05, 0) is 97.5 Å². The highest BCUT2D eigenvalue weighted by Gasteiger charge is 2.28. The summed E-state index contributed by atoms with van der Waals surface area (Å²) in [7, 11) is 0. The van der Waals surface area contributed by atoms with Crippen LogP contribution in [-0.2, 0) is 35.5 Å². The molecule has 6 rings (SSSR count). The third kappa shape index (κ3) is 8.22. The molecule has 0 aromatic heterocycles. The van der Waals surface area contributed by atoms with Crippen molar-refractivity contribution >= 4 is 35.8 Å². The maximum absolute atomic E-state index is 13.5. The molecule has 2 saturated heterocycles. The number of fused-ring (bicyclic) bond motifs is 1. The summed E-state index contributed by atoms with van der Waals surface area (Å²) in [6.45, 7) is 5.39. The molecule has 44 heavy (non-hydrogen) atoms. The van der Waals surface area contributed by atoms with Crippen LogP contribution in [0.4, 0.5) is 0 Å². The zero-order valence-corrected chi connectivity index (χ0v) is 26.9. The van der Waals surface area contributed by atoms with Gasteiger partial charge in [0.15, 0.2) is 0 Å². The Morgan fingerprint density at radius 2 is 1.68 bits per heavy atom. The Labute approximate surface area is 272 Å². The lowest BCUT2D eigenvalue weighted by Crippen LogP contribution is -2.51. The molecular weight excluding hydrogens is 591 g/mol. The summed E-state index contributed by atoms with van der Waals surface area (Å²) < 4.78 is 0. The number of likely N-dealkylation sites (tertiary alicyclic amines) is 2. The maximum atomic E-state index is 13.5. The molecule has 3 heterocycles. The molecule has 3 aromatic rings. The lowest BCUT2D eigenvalue weighted by Gasteiger charge is -2.34. The van der Waals surface area contributed by atoms with Crippen molar-refractivity contribution < 1.29 is 9.59 Å². The van der Waals surface area contributed by atoms with Crippen molar-refractivity contribution in [1.82, 2.24) is 20.4 Å². The smallest absolute Gasteiger partial charge is 0.237 e. The lowest BCUT2D eigenvalue weighted by molar-refractivity contribution is -0.128. The van der Waals surface area contributed by atoms with E-state index in [2.05, 4.69) is 76.2 Å². The number of halogens is 2. The highest BCUT2D eigenvalue weighted by atomic mass is 35.5. The number of carbonyl (C=O) groups is 2. The quantitative estimate of drug-likeness (QED) is 0.292. The van der Waals surface area contributed by atoms with Crippen LogP contribution in [0.25, 0.3) is 0 Å². The Balaban J connectivity index is 0.00000384. The predicted molar refractivity (Wildman–Crippen MR) is 179 cm³/mol. The fourth-order valence-electron chi connectivity index (χ4n) is 7.03. The molecule has 6 nitrogen and oxygen atoms in total. The van der Waals surface area contributed by atoms with Gasteiger partial charge in [0.1, 0.15) is 0 Å². The van der Waals surface area contributed by atoms with Gasteiger partial charge in [-0.2, -0.15) is 0 Å².